The molecular weight excluding hydrogens is 143 g/mol. The largest absolute Gasteiger partial charge is 0.479 e. The second-order valence-corrected chi connectivity index (χ2v) is 5.50. The third-order valence-electron chi connectivity index (χ3n) is 0.810. The van der Waals surface area contributed by atoms with E-state index in [-0.39, 0.29) is 0 Å². The number of aliphatic carboxylic acids is 1. The van der Waals surface area contributed by atoms with Crippen molar-refractivity contribution in [2.24, 2.45) is 0 Å². The van der Waals surface area contributed by atoms with Crippen LogP contribution < -0.4 is 0 Å². The zero-order valence-electron chi connectivity index (χ0n) is 5.24. The van der Waals surface area contributed by atoms with Crippen molar-refractivity contribution < 1.29 is 19.6 Å². The highest BCUT2D eigenvalue weighted by molar-refractivity contribution is 7.63. The first-order chi connectivity index (χ1) is 3.85. The van der Waals surface area contributed by atoms with Gasteiger partial charge in [0.05, 0.1) is 0 Å². The van der Waals surface area contributed by atoms with Crippen molar-refractivity contribution in [2.75, 3.05) is 13.3 Å². The van der Waals surface area contributed by atoms with Crippen molar-refractivity contribution in [3.05, 3.63) is 0 Å². The number of carboxylic acids is 1. The Bertz CT molecular complexity index is 158. The van der Waals surface area contributed by atoms with E-state index in [1.54, 1.807) is 0 Å². The van der Waals surface area contributed by atoms with Crippen LogP contribution in [0.3, 0.4) is 0 Å². The predicted octanol–water partition coefficient (Wildman–Crippen LogP) is 0.0121. The van der Waals surface area contributed by atoms with E-state index in [2.05, 4.69) is 0 Å². The first-order valence-corrected chi connectivity index (χ1v) is 4.98. The Kier molecular flexibility index (Phi) is 2.40. The van der Waals surface area contributed by atoms with Crippen molar-refractivity contribution in [1.29, 1.82) is 0 Å². The maximum absolute atomic E-state index is 10.7. The monoisotopic (exact) mass is 152 g/mol. The molecule has 0 unspecified atom stereocenters. The zero-order valence-corrected chi connectivity index (χ0v) is 6.13. The number of hydrogen-bond donors (Lipinski definition) is 2. The summed E-state index contributed by atoms with van der Waals surface area (Å²) < 4.78 is 10.7. The minimum atomic E-state index is -2.86. The van der Waals surface area contributed by atoms with Gasteiger partial charge in [0.2, 0.25) is 5.85 Å². The average molecular weight is 152 g/mol. The lowest BCUT2D eigenvalue weighted by Crippen LogP contribution is -2.18. The molecule has 0 aliphatic carbocycles. The van der Waals surface area contributed by atoms with E-state index >= 15 is 0 Å². The van der Waals surface area contributed by atoms with Crippen LogP contribution in [0.1, 0.15) is 0 Å². The molecule has 0 fully saturated rings. The van der Waals surface area contributed by atoms with Crippen molar-refractivity contribution in [3.8, 4) is 0 Å². The molecule has 0 aliphatic rings. The molecule has 2 N–H and O–H groups in total. The molecule has 0 radical (unpaired) electrons. The molecule has 4 nitrogen and oxygen atoms in total. The lowest BCUT2D eigenvalue weighted by atomic mass is 10.7. The smallest absolute Gasteiger partial charge is 0.340 e. The van der Waals surface area contributed by atoms with Gasteiger partial charge >= 0.3 is 5.97 Å². The van der Waals surface area contributed by atoms with Gasteiger partial charge in [-0.05, 0) is 13.3 Å². The Morgan fingerprint density at radius 1 is 1.56 bits per heavy atom. The molecule has 1 atom stereocenters. The molecule has 0 aromatic heterocycles. The second kappa shape index (κ2) is 2.50. The van der Waals surface area contributed by atoms with Gasteiger partial charge in [0, 0.05) is 0 Å². The van der Waals surface area contributed by atoms with Crippen LogP contribution in [-0.2, 0) is 9.36 Å². The highest BCUT2D eigenvalue weighted by atomic mass is 31.2. The number of carboxylic acid groups (broad SMARTS) is 1. The summed E-state index contributed by atoms with van der Waals surface area (Å²) in [5.41, 5.74) is 0. The van der Waals surface area contributed by atoms with Crippen molar-refractivity contribution >= 4 is 13.1 Å². The lowest BCUT2D eigenvalue weighted by molar-refractivity contribution is -0.142. The highest BCUT2D eigenvalue weighted by Crippen LogP contribution is 2.40. The number of hydrogen-bond acceptors (Lipinski definition) is 3. The van der Waals surface area contributed by atoms with Crippen LogP contribution in [-0.4, -0.2) is 35.4 Å². The van der Waals surface area contributed by atoms with Crippen LogP contribution in [0.15, 0.2) is 0 Å². The van der Waals surface area contributed by atoms with Crippen LogP contribution in [0.25, 0.3) is 0 Å². The van der Waals surface area contributed by atoms with Crippen LogP contribution in [0, 0.1) is 0 Å². The molecule has 0 amide bonds. The number of carbonyl (C=O) groups is 1. The maximum atomic E-state index is 10.7. The van der Waals surface area contributed by atoms with Crippen molar-refractivity contribution in [3.63, 3.8) is 0 Å². The number of rotatable bonds is 2. The van der Waals surface area contributed by atoms with Crippen LogP contribution >= 0.6 is 7.14 Å². The van der Waals surface area contributed by atoms with Crippen LogP contribution in [0.5, 0.6) is 0 Å². The zero-order chi connectivity index (χ0) is 7.65. The maximum Gasteiger partial charge on any atom is 0.340 e. The molecule has 9 heavy (non-hydrogen) atoms. The van der Waals surface area contributed by atoms with Gasteiger partial charge in [0.1, 0.15) is 7.14 Å². The van der Waals surface area contributed by atoms with Gasteiger partial charge in [-0.3, -0.25) is 0 Å². The van der Waals surface area contributed by atoms with E-state index in [0.29, 0.717) is 0 Å². The summed E-state index contributed by atoms with van der Waals surface area (Å²) >= 11 is 0. The fraction of sp³-hybridized carbons (Fsp3) is 0.750. The SMILES string of the molecule is CP(C)(=O)[C@H](O)C(=O)O. The lowest BCUT2D eigenvalue weighted by Gasteiger charge is -2.08. The van der Waals surface area contributed by atoms with Crippen molar-refractivity contribution in [2.45, 2.75) is 5.85 Å². The van der Waals surface area contributed by atoms with Gasteiger partial charge in [0.15, 0.2) is 0 Å². The normalized spacial score (nSPS) is 15.0. The van der Waals surface area contributed by atoms with Gasteiger partial charge in [-0.1, -0.05) is 0 Å². The molecule has 0 aromatic carbocycles. The third-order valence-corrected chi connectivity index (χ3v) is 2.21. The van der Waals surface area contributed by atoms with E-state index in [0.717, 1.165) is 0 Å². The Balaban J connectivity index is 4.23. The molecule has 0 saturated carbocycles. The predicted molar refractivity (Wildman–Crippen MR) is 33.1 cm³/mol. The molecule has 54 valence electrons. The van der Waals surface area contributed by atoms with Gasteiger partial charge in [-0.15, -0.1) is 0 Å². The fourth-order valence-electron chi connectivity index (χ4n) is 0.266. The van der Waals surface area contributed by atoms with Crippen LogP contribution in [0.4, 0.5) is 0 Å². The summed E-state index contributed by atoms with van der Waals surface area (Å²) in [4.78, 5) is 9.92. The summed E-state index contributed by atoms with van der Waals surface area (Å²) in [5.74, 6) is -3.14. The summed E-state index contributed by atoms with van der Waals surface area (Å²) in [6.45, 7) is 2.46. The molecule has 0 spiro atoms. The topological polar surface area (TPSA) is 74.6 Å². The minimum Gasteiger partial charge on any atom is -0.479 e. The van der Waals surface area contributed by atoms with Gasteiger partial charge in [-0.25, -0.2) is 4.79 Å². The fourth-order valence-corrected chi connectivity index (χ4v) is 0.798. The van der Waals surface area contributed by atoms with Crippen LogP contribution in [0.2, 0.25) is 0 Å². The van der Waals surface area contributed by atoms with E-state index in [9.17, 15) is 9.36 Å². The Labute approximate surface area is 52.9 Å². The average Bonchev–Trinajstić information content (AvgIpc) is 1.62. The second-order valence-electron chi connectivity index (χ2n) is 2.15. The third kappa shape index (κ3) is 2.63. The van der Waals surface area contributed by atoms with Gasteiger partial charge in [-0.2, -0.15) is 0 Å². The molecule has 5 heteroatoms. The van der Waals surface area contributed by atoms with Gasteiger partial charge < -0.3 is 14.8 Å². The van der Waals surface area contributed by atoms with E-state index < -0.39 is 19.0 Å². The first-order valence-electron chi connectivity index (χ1n) is 2.31. The summed E-state index contributed by atoms with van der Waals surface area (Å²) in [5, 5.41) is 16.7. The highest BCUT2D eigenvalue weighted by Gasteiger charge is 2.26. The standard InChI is InChI=1S/C4H9O4P/c1-9(2,8)4(7)3(5)6/h4,7H,1-2H3,(H,5,6)/t4-/m0/s1. The molecule has 0 bridgehead atoms. The van der Waals surface area contributed by atoms with E-state index in [1.807, 2.05) is 0 Å². The Morgan fingerprint density at radius 2 is 1.89 bits per heavy atom. The van der Waals surface area contributed by atoms with Gasteiger partial charge in [0.25, 0.3) is 0 Å². The number of aliphatic hydroxyl groups is 1. The number of aliphatic hydroxyl groups excluding tert-OH is 1. The molecule has 0 rings (SSSR count). The molecule has 0 aromatic rings. The van der Waals surface area contributed by atoms with Crippen molar-refractivity contribution in [1.82, 2.24) is 0 Å². The minimum absolute atomic E-state index is 1.23. The summed E-state index contributed by atoms with van der Waals surface area (Å²) in [6, 6.07) is 0. The Morgan fingerprint density at radius 3 is 1.89 bits per heavy atom. The first kappa shape index (κ1) is 8.66. The summed E-state index contributed by atoms with van der Waals surface area (Å²) in [7, 11) is -2.86. The summed E-state index contributed by atoms with van der Waals surface area (Å²) in [6.07, 6.45) is 0. The van der Waals surface area contributed by atoms with E-state index in [4.69, 9.17) is 10.2 Å². The quantitative estimate of drug-likeness (QED) is 0.546. The van der Waals surface area contributed by atoms with E-state index in [1.165, 1.54) is 13.3 Å². The molecule has 0 saturated heterocycles. The Hall–Kier alpha value is -0.340. The molecule has 0 heterocycles. The molecular formula is C4H9O4P. The molecule has 0 aliphatic heterocycles.